The fourth-order valence-electron chi connectivity index (χ4n) is 0. The summed E-state index contributed by atoms with van der Waals surface area (Å²) in [6, 6.07) is 0. The monoisotopic (exact) mass is 92.0 g/mol. The van der Waals surface area contributed by atoms with Crippen LogP contribution in [0.3, 0.4) is 0 Å². The van der Waals surface area contributed by atoms with Crippen molar-refractivity contribution >= 4 is 0 Å². The van der Waals surface area contributed by atoms with E-state index in [-0.39, 0.29) is 0 Å². The van der Waals surface area contributed by atoms with Crippen LogP contribution >= 0.6 is 0 Å². The van der Waals surface area contributed by atoms with Crippen LogP contribution in [0.2, 0.25) is 0 Å². The minimum absolute atomic E-state index is 0.833. The lowest BCUT2D eigenvalue weighted by atomic mass is 11.1. The van der Waals surface area contributed by atoms with E-state index in [2.05, 4.69) is 6.58 Å². The zero-order chi connectivity index (χ0) is 5.58. The number of rotatable bonds is 0. The fourth-order valence-corrected chi connectivity index (χ4v) is 0. The maximum absolute atomic E-state index is 7.42. The van der Waals surface area contributed by atoms with E-state index < -0.39 is 5.95 Å². The van der Waals surface area contributed by atoms with Gasteiger partial charge in [-0.3, -0.25) is 0 Å². The Morgan fingerprint density at radius 1 is 1.33 bits per heavy atom. The zero-order valence-corrected chi connectivity index (χ0v) is 3.55. The van der Waals surface area contributed by atoms with Crippen molar-refractivity contribution in [2.45, 2.75) is 0 Å². The van der Waals surface area contributed by atoms with Crippen molar-refractivity contribution in [2.75, 3.05) is 7.11 Å². The summed E-state index contributed by atoms with van der Waals surface area (Å²) >= 11 is 0. The lowest BCUT2D eigenvalue weighted by molar-refractivity contribution is 0.194. The molecule has 6 heavy (non-hydrogen) atoms. The molecule has 0 aliphatic heterocycles. The van der Waals surface area contributed by atoms with Gasteiger partial charge in [-0.05, 0) is 6.58 Å². The largest absolute Gasteiger partial charge is 0.482 e. The Morgan fingerprint density at radius 3 is 1.33 bits per heavy atom. The van der Waals surface area contributed by atoms with Gasteiger partial charge in [-0.15, -0.1) is 0 Å². The summed E-state index contributed by atoms with van der Waals surface area (Å²) in [7, 11) is 1.00. The molecule has 0 heterocycles. The Hall–Kier alpha value is -0.700. The summed E-state index contributed by atoms with van der Waals surface area (Å²) < 4.78 is 0. The molecule has 0 spiro atoms. The maximum Gasteiger partial charge on any atom is 0.266 e. The van der Waals surface area contributed by atoms with Crippen LogP contribution in [0.15, 0.2) is 12.5 Å². The molecule has 0 amide bonds. The van der Waals surface area contributed by atoms with E-state index in [1.54, 1.807) is 0 Å². The topological polar surface area (TPSA) is 60.7 Å². The SMILES string of the molecule is C=C(O)O.CO. The predicted octanol–water partition coefficient (Wildman–Crippen LogP) is 0.182. The molecule has 0 saturated heterocycles. The van der Waals surface area contributed by atoms with Crippen molar-refractivity contribution in [2.24, 2.45) is 0 Å². The van der Waals surface area contributed by atoms with Gasteiger partial charge in [0, 0.05) is 7.11 Å². The number of aliphatic hydroxyl groups is 3. The Balaban J connectivity index is 0. The van der Waals surface area contributed by atoms with Gasteiger partial charge in [-0.2, -0.15) is 0 Å². The molecule has 0 atom stereocenters. The second-order valence-electron chi connectivity index (χ2n) is 0.416. The van der Waals surface area contributed by atoms with E-state index in [4.69, 9.17) is 15.3 Å². The van der Waals surface area contributed by atoms with Crippen molar-refractivity contribution in [1.29, 1.82) is 0 Å². The molecule has 3 heteroatoms. The van der Waals surface area contributed by atoms with Crippen molar-refractivity contribution in [3.63, 3.8) is 0 Å². The molecule has 0 fully saturated rings. The second kappa shape index (κ2) is 8.85. The van der Waals surface area contributed by atoms with Crippen molar-refractivity contribution in [3.05, 3.63) is 12.5 Å². The molecule has 0 bridgehead atoms. The predicted molar refractivity (Wildman–Crippen MR) is 22.5 cm³/mol. The molecule has 0 aromatic heterocycles. The van der Waals surface area contributed by atoms with Crippen LogP contribution < -0.4 is 0 Å². The molecule has 0 aromatic rings. The first-order chi connectivity index (χ1) is 2.73. The van der Waals surface area contributed by atoms with E-state index >= 15 is 0 Å². The maximum atomic E-state index is 7.42. The standard InChI is InChI=1S/C2H4O2.CH4O/c1-2(3)4;1-2/h3-4H,1H2;2H,1H3. The van der Waals surface area contributed by atoms with Crippen LogP contribution in [0.5, 0.6) is 0 Å². The quantitative estimate of drug-likeness (QED) is 0.373. The van der Waals surface area contributed by atoms with Crippen LogP contribution in [0, 0.1) is 0 Å². The number of hydrogen-bond acceptors (Lipinski definition) is 3. The van der Waals surface area contributed by atoms with Gasteiger partial charge in [0.2, 0.25) is 0 Å². The molecular formula is C3H8O3. The van der Waals surface area contributed by atoms with E-state index in [1.807, 2.05) is 0 Å². The van der Waals surface area contributed by atoms with Crippen molar-refractivity contribution in [1.82, 2.24) is 0 Å². The van der Waals surface area contributed by atoms with Crippen molar-refractivity contribution < 1.29 is 15.3 Å². The molecule has 0 radical (unpaired) electrons. The Morgan fingerprint density at radius 2 is 1.33 bits per heavy atom. The highest BCUT2D eigenvalue weighted by molar-refractivity contribution is 4.54. The first-order valence-electron chi connectivity index (χ1n) is 1.25. The average Bonchev–Trinajstić information content (AvgIpc) is 1.41. The average molecular weight is 92.1 g/mol. The van der Waals surface area contributed by atoms with Crippen LogP contribution in [-0.4, -0.2) is 22.4 Å². The molecule has 0 aromatic carbocycles. The summed E-state index contributed by atoms with van der Waals surface area (Å²) in [5.41, 5.74) is 0. The van der Waals surface area contributed by atoms with Gasteiger partial charge in [0.05, 0.1) is 0 Å². The molecule has 0 aliphatic rings. The van der Waals surface area contributed by atoms with Crippen LogP contribution in [0.25, 0.3) is 0 Å². The first kappa shape index (κ1) is 9.00. The summed E-state index contributed by atoms with van der Waals surface area (Å²) in [5, 5.41) is 21.8. The second-order valence-corrected chi connectivity index (χ2v) is 0.416. The summed E-state index contributed by atoms with van der Waals surface area (Å²) in [4.78, 5) is 0. The lowest BCUT2D eigenvalue weighted by Crippen LogP contribution is -1.62. The molecule has 0 rings (SSSR count). The fraction of sp³-hybridized carbons (Fsp3) is 0.333. The van der Waals surface area contributed by atoms with Gasteiger partial charge >= 0.3 is 0 Å². The minimum atomic E-state index is -0.833. The van der Waals surface area contributed by atoms with Crippen LogP contribution in [0.1, 0.15) is 0 Å². The van der Waals surface area contributed by atoms with E-state index in [9.17, 15) is 0 Å². The molecule has 3 N–H and O–H groups in total. The first-order valence-corrected chi connectivity index (χ1v) is 1.25. The molecule has 38 valence electrons. The summed E-state index contributed by atoms with van der Waals surface area (Å²) in [6.45, 7) is 2.67. The van der Waals surface area contributed by atoms with Gasteiger partial charge in [0.15, 0.2) is 0 Å². The van der Waals surface area contributed by atoms with E-state index in [0.717, 1.165) is 7.11 Å². The highest BCUT2D eigenvalue weighted by atomic mass is 16.5. The van der Waals surface area contributed by atoms with E-state index in [1.165, 1.54) is 0 Å². The molecule has 0 unspecified atom stereocenters. The summed E-state index contributed by atoms with van der Waals surface area (Å²) in [5.74, 6) is -0.833. The van der Waals surface area contributed by atoms with Crippen LogP contribution in [0.4, 0.5) is 0 Å². The van der Waals surface area contributed by atoms with E-state index in [0.29, 0.717) is 0 Å². The normalized spacial score (nSPS) is 5.00. The smallest absolute Gasteiger partial charge is 0.266 e. The number of hydrogen-bond donors (Lipinski definition) is 3. The highest BCUT2D eigenvalue weighted by Crippen LogP contribution is 1.58. The van der Waals surface area contributed by atoms with Gasteiger partial charge < -0.3 is 15.3 Å². The van der Waals surface area contributed by atoms with Gasteiger partial charge in [-0.25, -0.2) is 0 Å². The lowest BCUT2D eigenvalue weighted by Gasteiger charge is -1.69. The Kier molecular flexibility index (Phi) is 13.3. The van der Waals surface area contributed by atoms with Gasteiger partial charge in [-0.1, -0.05) is 0 Å². The third kappa shape index (κ3) is 35.6. The highest BCUT2D eigenvalue weighted by Gasteiger charge is 1.56. The third-order valence-corrected chi connectivity index (χ3v) is 0. The van der Waals surface area contributed by atoms with Crippen molar-refractivity contribution in [3.8, 4) is 0 Å². The zero-order valence-electron chi connectivity index (χ0n) is 3.55. The molecule has 0 saturated carbocycles. The van der Waals surface area contributed by atoms with Gasteiger partial charge in [0.25, 0.3) is 5.95 Å². The third-order valence-electron chi connectivity index (χ3n) is 0. The Labute approximate surface area is 36.2 Å². The molecule has 0 aliphatic carbocycles. The Bertz CT molecular complexity index is 29.0. The molecular weight excluding hydrogens is 84.0 g/mol. The minimum Gasteiger partial charge on any atom is -0.482 e. The number of aliphatic hydroxyl groups excluding tert-OH is 2. The summed E-state index contributed by atoms with van der Waals surface area (Å²) in [6.07, 6.45) is 0. The molecule has 3 nitrogen and oxygen atoms in total. The van der Waals surface area contributed by atoms with Gasteiger partial charge in [0.1, 0.15) is 0 Å². The van der Waals surface area contributed by atoms with Crippen LogP contribution in [-0.2, 0) is 0 Å².